The number of aromatic nitrogens is 2. The zero-order valence-electron chi connectivity index (χ0n) is 7.82. The first kappa shape index (κ1) is 9.64. The summed E-state index contributed by atoms with van der Waals surface area (Å²) in [7, 11) is 0. The Morgan fingerprint density at radius 1 is 1.62 bits per heavy atom. The maximum Gasteiger partial charge on any atom is 0.286 e. The van der Waals surface area contributed by atoms with E-state index in [4.69, 9.17) is 5.73 Å². The average Bonchev–Trinajstić information content (AvgIpc) is 2.03. The lowest BCUT2D eigenvalue weighted by Crippen LogP contribution is -2.16. The van der Waals surface area contributed by atoms with Crippen molar-refractivity contribution in [3.63, 3.8) is 0 Å². The van der Waals surface area contributed by atoms with Crippen LogP contribution >= 0.6 is 0 Å². The largest absolute Gasteiger partial charge is 0.363 e. The van der Waals surface area contributed by atoms with Gasteiger partial charge in [-0.2, -0.15) is 0 Å². The van der Waals surface area contributed by atoms with Gasteiger partial charge in [0.15, 0.2) is 0 Å². The standard InChI is InChI=1S/C9H13N3O/c1-6(2)5-7-3-4-11-9(12-7)8(10)13/h3-4,6H,5H2,1-2H3,(H2,10,13). The topological polar surface area (TPSA) is 68.9 Å². The van der Waals surface area contributed by atoms with Crippen molar-refractivity contribution in [3.05, 3.63) is 23.8 Å². The lowest BCUT2D eigenvalue weighted by atomic mass is 10.1. The molecule has 0 saturated carbocycles. The van der Waals surface area contributed by atoms with Crippen LogP contribution in [0.1, 0.15) is 30.2 Å². The molecule has 1 amide bonds. The molecule has 1 aromatic heterocycles. The van der Waals surface area contributed by atoms with Crippen molar-refractivity contribution < 1.29 is 4.79 Å². The molecule has 0 aliphatic heterocycles. The van der Waals surface area contributed by atoms with Crippen LogP contribution in [0.3, 0.4) is 0 Å². The maximum atomic E-state index is 10.7. The first-order valence-corrected chi connectivity index (χ1v) is 4.21. The molecule has 0 aromatic carbocycles. The molecular weight excluding hydrogens is 166 g/mol. The van der Waals surface area contributed by atoms with Gasteiger partial charge < -0.3 is 5.73 Å². The maximum absolute atomic E-state index is 10.7. The molecule has 13 heavy (non-hydrogen) atoms. The summed E-state index contributed by atoms with van der Waals surface area (Å²) in [5.41, 5.74) is 5.91. The van der Waals surface area contributed by atoms with Gasteiger partial charge in [0, 0.05) is 11.9 Å². The second-order valence-corrected chi connectivity index (χ2v) is 3.33. The van der Waals surface area contributed by atoms with Gasteiger partial charge in [0.1, 0.15) is 0 Å². The Hall–Kier alpha value is -1.45. The molecule has 0 unspecified atom stereocenters. The highest BCUT2D eigenvalue weighted by molar-refractivity contribution is 5.88. The van der Waals surface area contributed by atoms with Crippen LogP contribution in [0.15, 0.2) is 12.3 Å². The van der Waals surface area contributed by atoms with Crippen LogP contribution in [0, 0.1) is 5.92 Å². The van der Waals surface area contributed by atoms with Gasteiger partial charge in [0.25, 0.3) is 5.91 Å². The molecular formula is C9H13N3O. The molecule has 0 spiro atoms. The van der Waals surface area contributed by atoms with Crippen molar-refractivity contribution >= 4 is 5.91 Å². The predicted octanol–water partition coefficient (Wildman–Crippen LogP) is 0.774. The molecule has 4 heteroatoms. The Balaban J connectivity index is 2.85. The molecule has 4 nitrogen and oxygen atoms in total. The fraction of sp³-hybridized carbons (Fsp3) is 0.444. The van der Waals surface area contributed by atoms with Crippen molar-refractivity contribution in [1.29, 1.82) is 0 Å². The van der Waals surface area contributed by atoms with Crippen LogP contribution in [0.25, 0.3) is 0 Å². The highest BCUT2D eigenvalue weighted by Crippen LogP contribution is 2.04. The van der Waals surface area contributed by atoms with E-state index in [2.05, 4.69) is 23.8 Å². The summed E-state index contributed by atoms with van der Waals surface area (Å²) in [4.78, 5) is 18.5. The van der Waals surface area contributed by atoms with Crippen LogP contribution in [0.5, 0.6) is 0 Å². The number of amides is 1. The molecule has 0 bridgehead atoms. The fourth-order valence-corrected chi connectivity index (χ4v) is 1.05. The summed E-state index contributed by atoms with van der Waals surface area (Å²) in [6, 6.07) is 1.80. The van der Waals surface area contributed by atoms with Crippen molar-refractivity contribution in [2.24, 2.45) is 11.7 Å². The predicted molar refractivity (Wildman–Crippen MR) is 49.1 cm³/mol. The number of primary amides is 1. The number of hydrogen-bond acceptors (Lipinski definition) is 3. The number of carbonyl (C=O) groups is 1. The molecule has 0 aliphatic rings. The van der Waals surface area contributed by atoms with Crippen LogP contribution in [-0.2, 0) is 6.42 Å². The highest BCUT2D eigenvalue weighted by atomic mass is 16.1. The van der Waals surface area contributed by atoms with Crippen LogP contribution in [0.4, 0.5) is 0 Å². The first-order chi connectivity index (χ1) is 6.09. The monoisotopic (exact) mass is 179 g/mol. The highest BCUT2D eigenvalue weighted by Gasteiger charge is 2.05. The second-order valence-electron chi connectivity index (χ2n) is 3.33. The molecule has 0 radical (unpaired) electrons. The molecule has 2 N–H and O–H groups in total. The third-order valence-corrected chi connectivity index (χ3v) is 1.55. The summed E-state index contributed by atoms with van der Waals surface area (Å²) in [6.45, 7) is 4.18. The summed E-state index contributed by atoms with van der Waals surface area (Å²) in [5, 5.41) is 0. The van der Waals surface area contributed by atoms with E-state index in [1.165, 1.54) is 0 Å². The van der Waals surface area contributed by atoms with Crippen molar-refractivity contribution in [1.82, 2.24) is 9.97 Å². The second kappa shape index (κ2) is 3.98. The molecule has 1 rings (SSSR count). The zero-order chi connectivity index (χ0) is 9.84. The number of rotatable bonds is 3. The Labute approximate surface area is 77.2 Å². The first-order valence-electron chi connectivity index (χ1n) is 4.21. The zero-order valence-corrected chi connectivity index (χ0v) is 7.82. The Bertz CT molecular complexity index is 309. The van der Waals surface area contributed by atoms with Gasteiger partial charge >= 0.3 is 0 Å². The lowest BCUT2D eigenvalue weighted by molar-refractivity contribution is 0.0990. The van der Waals surface area contributed by atoms with E-state index in [9.17, 15) is 4.79 Å². The average molecular weight is 179 g/mol. The van der Waals surface area contributed by atoms with Crippen LogP contribution in [0.2, 0.25) is 0 Å². The number of nitrogens with zero attached hydrogens (tertiary/aromatic N) is 2. The molecule has 70 valence electrons. The molecule has 0 aliphatic carbocycles. The normalized spacial score (nSPS) is 10.4. The smallest absolute Gasteiger partial charge is 0.286 e. The van der Waals surface area contributed by atoms with E-state index < -0.39 is 5.91 Å². The number of nitrogens with two attached hydrogens (primary N) is 1. The third-order valence-electron chi connectivity index (χ3n) is 1.55. The van der Waals surface area contributed by atoms with E-state index in [1.54, 1.807) is 12.3 Å². The lowest BCUT2D eigenvalue weighted by Gasteiger charge is -2.03. The van der Waals surface area contributed by atoms with Gasteiger partial charge in [0.2, 0.25) is 5.82 Å². The molecule has 1 heterocycles. The van der Waals surface area contributed by atoms with E-state index >= 15 is 0 Å². The number of carbonyl (C=O) groups excluding carboxylic acids is 1. The van der Waals surface area contributed by atoms with Gasteiger partial charge in [0.05, 0.1) is 0 Å². The van der Waals surface area contributed by atoms with Crippen LogP contribution in [-0.4, -0.2) is 15.9 Å². The minimum absolute atomic E-state index is 0.0955. The molecule has 0 fully saturated rings. The molecule has 0 saturated heterocycles. The SMILES string of the molecule is CC(C)Cc1ccnc(C(N)=O)n1. The third kappa shape index (κ3) is 2.82. The Morgan fingerprint density at radius 2 is 2.31 bits per heavy atom. The van der Waals surface area contributed by atoms with Crippen molar-refractivity contribution in [3.8, 4) is 0 Å². The Kier molecular flexibility index (Phi) is 2.95. The number of hydrogen-bond donors (Lipinski definition) is 1. The van der Waals surface area contributed by atoms with Crippen LogP contribution < -0.4 is 5.73 Å². The Morgan fingerprint density at radius 3 is 2.85 bits per heavy atom. The van der Waals surface area contributed by atoms with Gasteiger partial charge in [-0.05, 0) is 18.4 Å². The summed E-state index contributed by atoms with van der Waals surface area (Å²) < 4.78 is 0. The van der Waals surface area contributed by atoms with E-state index in [-0.39, 0.29) is 5.82 Å². The summed E-state index contributed by atoms with van der Waals surface area (Å²) in [5.74, 6) is 0.0272. The van der Waals surface area contributed by atoms with E-state index in [0.717, 1.165) is 12.1 Å². The van der Waals surface area contributed by atoms with E-state index in [1.807, 2.05) is 0 Å². The fourth-order valence-electron chi connectivity index (χ4n) is 1.05. The quantitative estimate of drug-likeness (QED) is 0.745. The van der Waals surface area contributed by atoms with Gasteiger partial charge in [-0.1, -0.05) is 13.8 Å². The van der Waals surface area contributed by atoms with Crippen molar-refractivity contribution in [2.75, 3.05) is 0 Å². The summed E-state index contributed by atoms with van der Waals surface area (Å²) >= 11 is 0. The van der Waals surface area contributed by atoms with Crippen molar-refractivity contribution in [2.45, 2.75) is 20.3 Å². The minimum Gasteiger partial charge on any atom is -0.363 e. The van der Waals surface area contributed by atoms with Gasteiger partial charge in [-0.15, -0.1) is 0 Å². The molecule has 1 aromatic rings. The summed E-state index contributed by atoms with van der Waals surface area (Å²) in [6.07, 6.45) is 2.40. The van der Waals surface area contributed by atoms with Gasteiger partial charge in [-0.25, -0.2) is 9.97 Å². The minimum atomic E-state index is -0.578. The van der Waals surface area contributed by atoms with E-state index in [0.29, 0.717) is 5.92 Å². The van der Waals surface area contributed by atoms with Gasteiger partial charge in [-0.3, -0.25) is 4.79 Å². The molecule has 0 atom stereocenters.